The quantitative estimate of drug-likeness (QED) is 0.876. The topological polar surface area (TPSA) is 33.1 Å². The first-order chi connectivity index (χ1) is 9.56. The lowest BCUT2D eigenvalue weighted by atomic mass is 10.1. The smallest absolute Gasteiger partial charge is 0.169 e. The Hall–Kier alpha value is -1.88. The summed E-state index contributed by atoms with van der Waals surface area (Å²) in [5, 5.41) is 8.43. The third kappa shape index (κ3) is 3.81. The van der Waals surface area contributed by atoms with Gasteiger partial charge in [-0.05, 0) is 30.8 Å². The molecule has 20 heavy (non-hydrogen) atoms. The van der Waals surface area contributed by atoms with Crippen LogP contribution in [0.3, 0.4) is 0 Å². The number of nitrogens with one attached hydrogen (secondary N) is 1. The summed E-state index contributed by atoms with van der Waals surface area (Å²) in [6.07, 6.45) is 1.94. The van der Waals surface area contributed by atoms with Gasteiger partial charge in [-0.2, -0.15) is 5.10 Å². The van der Waals surface area contributed by atoms with Crippen molar-refractivity contribution < 1.29 is 0 Å². The molecule has 0 aliphatic carbocycles. The molecule has 0 bridgehead atoms. The lowest BCUT2D eigenvalue weighted by Gasteiger charge is -2.23. The molecule has 1 aromatic carbocycles. The molecule has 0 amide bonds. The molecule has 2 aromatic rings. The monoisotopic (exact) mass is 288 g/mol. The first-order valence-corrected chi connectivity index (χ1v) is 7.02. The minimum absolute atomic E-state index is 0.190. The normalized spacial score (nSPS) is 11.9. The first kappa shape index (κ1) is 14.5. The molecule has 0 saturated heterocycles. The Labute approximate surface area is 125 Å². The van der Waals surface area contributed by atoms with Gasteiger partial charge in [0.25, 0.3) is 0 Å². The minimum Gasteiger partial charge on any atom is -0.356 e. The van der Waals surface area contributed by atoms with E-state index >= 15 is 0 Å². The highest BCUT2D eigenvalue weighted by atomic mass is 32.1. The lowest BCUT2D eigenvalue weighted by Crippen LogP contribution is -2.38. The van der Waals surface area contributed by atoms with Crippen molar-refractivity contribution in [1.82, 2.24) is 20.0 Å². The van der Waals surface area contributed by atoms with Crippen molar-refractivity contribution in [2.75, 3.05) is 7.05 Å². The summed E-state index contributed by atoms with van der Waals surface area (Å²) in [6.45, 7) is 2.81. The Morgan fingerprint density at radius 1 is 1.35 bits per heavy atom. The minimum atomic E-state index is 0.190. The van der Waals surface area contributed by atoms with Crippen molar-refractivity contribution in [3.8, 4) is 0 Å². The average Bonchev–Trinajstić information content (AvgIpc) is 2.85. The third-order valence-corrected chi connectivity index (χ3v) is 3.58. The summed E-state index contributed by atoms with van der Waals surface area (Å²) in [5.41, 5.74) is 2.23. The summed E-state index contributed by atoms with van der Waals surface area (Å²) in [7, 11) is 3.89. The molecule has 0 radical (unpaired) electrons. The van der Waals surface area contributed by atoms with E-state index in [1.807, 2.05) is 49.5 Å². The average molecular weight is 288 g/mol. The standard InChI is InChI=1S/C15H20N4S/c1-12(13-7-5-4-6-8-13)16-15(20)18(2)11-14-9-10-19(3)17-14/h4-10,12H,11H2,1-3H3,(H,16,20). The molecule has 2 rings (SSSR count). The Morgan fingerprint density at radius 2 is 2.05 bits per heavy atom. The maximum atomic E-state index is 5.44. The van der Waals surface area contributed by atoms with Crippen LogP contribution in [0.25, 0.3) is 0 Å². The Bertz CT molecular complexity index is 564. The number of nitrogens with zero attached hydrogens (tertiary/aromatic N) is 3. The fourth-order valence-electron chi connectivity index (χ4n) is 1.98. The Kier molecular flexibility index (Phi) is 4.74. The molecule has 0 fully saturated rings. The van der Waals surface area contributed by atoms with E-state index in [-0.39, 0.29) is 6.04 Å². The zero-order valence-corrected chi connectivity index (χ0v) is 12.9. The molecule has 0 aliphatic rings. The van der Waals surface area contributed by atoms with Crippen LogP contribution in [0.5, 0.6) is 0 Å². The number of hydrogen-bond donors (Lipinski definition) is 1. The van der Waals surface area contributed by atoms with E-state index in [1.165, 1.54) is 5.56 Å². The van der Waals surface area contributed by atoms with Crippen LogP contribution in [0.15, 0.2) is 42.6 Å². The van der Waals surface area contributed by atoms with Crippen LogP contribution in [-0.2, 0) is 13.6 Å². The Balaban J connectivity index is 1.91. The van der Waals surface area contributed by atoms with Crippen molar-refractivity contribution in [3.05, 3.63) is 53.9 Å². The molecule has 106 valence electrons. The SMILES string of the molecule is CC(NC(=S)N(C)Cc1ccn(C)n1)c1ccccc1. The highest BCUT2D eigenvalue weighted by molar-refractivity contribution is 7.80. The number of rotatable bonds is 4. The number of thiocarbonyl (C=S) groups is 1. The van der Waals surface area contributed by atoms with Gasteiger partial charge in [0.2, 0.25) is 0 Å². The zero-order valence-electron chi connectivity index (χ0n) is 12.1. The number of benzene rings is 1. The molecular formula is C15H20N4S. The zero-order chi connectivity index (χ0) is 14.5. The van der Waals surface area contributed by atoms with E-state index in [9.17, 15) is 0 Å². The summed E-state index contributed by atoms with van der Waals surface area (Å²) < 4.78 is 1.80. The molecule has 4 nitrogen and oxygen atoms in total. The van der Waals surface area contributed by atoms with Crippen molar-refractivity contribution in [2.45, 2.75) is 19.5 Å². The largest absolute Gasteiger partial charge is 0.356 e. The summed E-state index contributed by atoms with van der Waals surface area (Å²) in [6, 6.07) is 12.5. The van der Waals surface area contributed by atoms with Crippen LogP contribution in [0.4, 0.5) is 0 Å². The number of aromatic nitrogens is 2. The summed E-state index contributed by atoms with van der Waals surface area (Å²) >= 11 is 5.44. The molecule has 1 N–H and O–H groups in total. The lowest BCUT2D eigenvalue weighted by molar-refractivity contribution is 0.468. The third-order valence-electron chi connectivity index (χ3n) is 3.15. The van der Waals surface area contributed by atoms with Crippen LogP contribution in [0.2, 0.25) is 0 Å². The second-order valence-electron chi connectivity index (χ2n) is 4.92. The van der Waals surface area contributed by atoms with Gasteiger partial charge in [-0.15, -0.1) is 0 Å². The molecule has 1 unspecified atom stereocenters. The van der Waals surface area contributed by atoms with Crippen molar-refractivity contribution >= 4 is 17.3 Å². The van der Waals surface area contributed by atoms with E-state index < -0.39 is 0 Å². The maximum absolute atomic E-state index is 5.44. The van der Waals surface area contributed by atoms with Crippen molar-refractivity contribution in [1.29, 1.82) is 0 Å². The molecular weight excluding hydrogens is 268 g/mol. The van der Waals surface area contributed by atoms with Crippen LogP contribution >= 0.6 is 12.2 Å². The summed E-state index contributed by atoms with van der Waals surface area (Å²) in [4.78, 5) is 2.00. The van der Waals surface area contributed by atoms with E-state index in [0.29, 0.717) is 6.54 Å². The van der Waals surface area contributed by atoms with Crippen molar-refractivity contribution in [2.24, 2.45) is 7.05 Å². The van der Waals surface area contributed by atoms with Gasteiger partial charge >= 0.3 is 0 Å². The van der Waals surface area contributed by atoms with Gasteiger partial charge < -0.3 is 10.2 Å². The van der Waals surface area contributed by atoms with Gasteiger partial charge in [0.15, 0.2) is 5.11 Å². The fraction of sp³-hybridized carbons (Fsp3) is 0.333. The maximum Gasteiger partial charge on any atom is 0.169 e. The van der Waals surface area contributed by atoms with Gasteiger partial charge in [-0.25, -0.2) is 0 Å². The molecule has 1 atom stereocenters. The van der Waals surface area contributed by atoms with Gasteiger partial charge in [0.05, 0.1) is 18.3 Å². The van der Waals surface area contributed by atoms with Crippen molar-refractivity contribution in [3.63, 3.8) is 0 Å². The number of aryl methyl sites for hydroxylation is 1. The predicted octanol–water partition coefficient (Wildman–Crippen LogP) is 2.49. The molecule has 0 saturated carbocycles. The molecule has 1 heterocycles. The second-order valence-corrected chi connectivity index (χ2v) is 5.31. The molecule has 1 aromatic heterocycles. The van der Waals surface area contributed by atoms with Gasteiger partial charge in [0.1, 0.15) is 0 Å². The van der Waals surface area contributed by atoms with Crippen LogP contribution in [0, 0.1) is 0 Å². The van der Waals surface area contributed by atoms with Crippen LogP contribution < -0.4 is 5.32 Å². The van der Waals surface area contributed by atoms with Gasteiger partial charge in [-0.1, -0.05) is 30.3 Å². The second kappa shape index (κ2) is 6.52. The summed E-state index contributed by atoms with van der Waals surface area (Å²) in [5.74, 6) is 0. The molecule has 0 spiro atoms. The van der Waals surface area contributed by atoms with E-state index in [2.05, 4.69) is 29.5 Å². The first-order valence-electron chi connectivity index (χ1n) is 6.61. The highest BCUT2D eigenvalue weighted by Gasteiger charge is 2.11. The van der Waals surface area contributed by atoms with E-state index in [4.69, 9.17) is 12.2 Å². The van der Waals surface area contributed by atoms with E-state index in [0.717, 1.165) is 10.8 Å². The Morgan fingerprint density at radius 3 is 2.65 bits per heavy atom. The van der Waals surface area contributed by atoms with Crippen LogP contribution in [0.1, 0.15) is 24.2 Å². The number of hydrogen-bond acceptors (Lipinski definition) is 2. The van der Waals surface area contributed by atoms with E-state index in [1.54, 1.807) is 4.68 Å². The van der Waals surface area contributed by atoms with Gasteiger partial charge in [-0.3, -0.25) is 4.68 Å². The molecule has 0 aliphatic heterocycles. The van der Waals surface area contributed by atoms with Gasteiger partial charge in [0, 0.05) is 20.3 Å². The highest BCUT2D eigenvalue weighted by Crippen LogP contribution is 2.12. The predicted molar refractivity (Wildman–Crippen MR) is 85.3 cm³/mol. The fourth-order valence-corrected chi connectivity index (χ4v) is 2.22. The van der Waals surface area contributed by atoms with Crippen LogP contribution in [-0.4, -0.2) is 26.8 Å². The molecule has 5 heteroatoms.